The van der Waals surface area contributed by atoms with Gasteiger partial charge in [-0.3, -0.25) is 4.68 Å². The first-order chi connectivity index (χ1) is 11.3. The van der Waals surface area contributed by atoms with Crippen LogP contribution in [0.25, 0.3) is 0 Å². The number of ether oxygens (including phenoxy) is 2. The zero-order valence-electron chi connectivity index (χ0n) is 14.6. The molecule has 24 heavy (non-hydrogen) atoms. The molecule has 2 aromatic rings. The van der Waals surface area contributed by atoms with Crippen LogP contribution in [0.2, 0.25) is 0 Å². The van der Waals surface area contributed by atoms with E-state index < -0.39 is 5.79 Å². The first-order valence-corrected chi connectivity index (χ1v) is 7.93. The van der Waals surface area contributed by atoms with Gasteiger partial charge >= 0.3 is 6.03 Å². The number of nitrogens with zero attached hydrogens (tertiary/aromatic N) is 2. The number of hydrogen-bond donors (Lipinski definition) is 2. The molecule has 0 fully saturated rings. The monoisotopic (exact) mass is 330 g/mol. The third-order valence-corrected chi connectivity index (χ3v) is 3.83. The summed E-state index contributed by atoms with van der Waals surface area (Å²) in [6.07, 6.45) is 0. The molecule has 0 atom stereocenters. The highest BCUT2D eigenvalue weighted by Crippen LogP contribution is 2.40. The Morgan fingerprint density at radius 2 is 1.92 bits per heavy atom. The number of carbonyl (C=O) groups excluding carboxylic acids is 1. The van der Waals surface area contributed by atoms with Crippen LogP contribution < -0.4 is 20.1 Å². The molecule has 128 valence electrons. The first kappa shape index (κ1) is 16.2. The molecule has 1 aliphatic rings. The number of urea groups is 1. The van der Waals surface area contributed by atoms with Crippen LogP contribution in [-0.4, -0.2) is 21.6 Å². The minimum Gasteiger partial charge on any atom is -0.449 e. The van der Waals surface area contributed by atoms with Crippen molar-refractivity contribution in [3.8, 4) is 11.5 Å². The third-order valence-electron chi connectivity index (χ3n) is 3.83. The Morgan fingerprint density at radius 1 is 1.21 bits per heavy atom. The first-order valence-electron chi connectivity index (χ1n) is 7.93. The van der Waals surface area contributed by atoms with Crippen LogP contribution in [0.1, 0.15) is 32.2 Å². The minimum atomic E-state index is -0.688. The summed E-state index contributed by atoms with van der Waals surface area (Å²) in [5, 5.41) is 10.1. The normalized spacial score (nSPS) is 14.5. The van der Waals surface area contributed by atoms with Gasteiger partial charge in [-0.1, -0.05) is 0 Å². The van der Waals surface area contributed by atoms with E-state index in [1.165, 1.54) is 0 Å². The van der Waals surface area contributed by atoms with Gasteiger partial charge in [0.15, 0.2) is 11.5 Å². The van der Waals surface area contributed by atoms with Gasteiger partial charge in [0.05, 0.1) is 17.1 Å². The van der Waals surface area contributed by atoms with E-state index in [2.05, 4.69) is 15.7 Å². The highest BCUT2D eigenvalue weighted by molar-refractivity contribution is 6.00. The fourth-order valence-corrected chi connectivity index (χ4v) is 2.76. The maximum atomic E-state index is 12.3. The minimum absolute atomic E-state index is 0.324. The van der Waals surface area contributed by atoms with E-state index >= 15 is 0 Å². The largest absolute Gasteiger partial charge is 0.449 e. The molecule has 1 aliphatic heterocycles. The fraction of sp³-hybridized carbons (Fsp3) is 0.412. The lowest BCUT2D eigenvalue weighted by Crippen LogP contribution is -2.29. The average Bonchev–Trinajstić information content (AvgIpc) is 2.95. The predicted molar refractivity (Wildman–Crippen MR) is 91.8 cm³/mol. The number of benzene rings is 1. The van der Waals surface area contributed by atoms with Crippen molar-refractivity contribution < 1.29 is 14.3 Å². The summed E-state index contributed by atoms with van der Waals surface area (Å²) in [5.74, 6) is 0.595. The van der Waals surface area contributed by atoms with Crippen molar-refractivity contribution >= 4 is 17.4 Å². The molecule has 0 radical (unpaired) electrons. The van der Waals surface area contributed by atoms with Crippen LogP contribution >= 0.6 is 0 Å². The quantitative estimate of drug-likeness (QED) is 0.900. The molecule has 3 rings (SSSR count). The maximum Gasteiger partial charge on any atom is 0.323 e. The van der Waals surface area contributed by atoms with Gasteiger partial charge in [0.2, 0.25) is 5.79 Å². The smallest absolute Gasteiger partial charge is 0.323 e. The van der Waals surface area contributed by atoms with E-state index in [0.717, 1.165) is 23.6 Å². The fourth-order valence-electron chi connectivity index (χ4n) is 2.76. The second-order valence-electron chi connectivity index (χ2n) is 6.21. The van der Waals surface area contributed by atoms with Gasteiger partial charge in [-0.05, 0) is 32.9 Å². The van der Waals surface area contributed by atoms with E-state index in [0.29, 0.717) is 17.2 Å². The van der Waals surface area contributed by atoms with E-state index in [9.17, 15) is 4.79 Å². The van der Waals surface area contributed by atoms with Gasteiger partial charge in [-0.25, -0.2) is 4.79 Å². The number of anilines is 2. The summed E-state index contributed by atoms with van der Waals surface area (Å²) in [6.45, 7) is 10.2. The molecule has 0 bridgehead atoms. The van der Waals surface area contributed by atoms with Crippen LogP contribution in [0.4, 0.5) is 16.2 Å². The molecule has 0 aliphatic carbocycles. The molecular formula is C17H22N4O3. The van der Waals surface area contributed by atoms with Crippen molar-refractivity contribution in [2.75, 3.05) is 10.6 Å². The Balaban J connectivity index is 1.72. The highest BCUT2D eigenvalue weighted by Gasteiger charge is 2.31. The summed E-state index contributed by atoms with van der Waals surface area (Å²) in [4.78, 5) is 12.3. The van der Waals surface area contributed by atoms with E-state index in [1.54, 1.807) is 18.2 Å². The molecule has 7 heteroatoms. The molecule has 2 heterocycles. The van der Waals surface area contributed by atoms with Crippen LogP contribution in [-0.2, 0) is 6.54 Å². The Labute approximate surface area is 140 Å². The second kappa shape index (κ2) is 5.74. The molecule has 2 N–H and O–H groups in total. The number of fused-ring (bicyclic) bond motifs is 1. The van der Waals surface area contributed by atoms with Crippen LogP contribution in [0.15, 0.2) is 18.2 Å². The highest BCUT2D eigenvalue weighted by atomic mass is 16.7. The number of aryl methyl sites for hydroxylation is 2. The SMILES string of the molecule is CCn1nc(C)c(NC(=O)Nc2ccc3c(c2)OC(C)(C)O3)c1C. The molecule has 0 spiro atoms. The van der Waals surface area contributed by atoms with Crippen LogP contribution in [0, 0.1) is 13.8 Å². The van der Waals surface area contributed by atoms with Crippen LogP contribution in [0.3, 0.4) is 0 Å². The maximum absolute atomic E-state index is 12.3. The second-order valence-corrected chi connectivity index (χ2v) is 6.21. The van der Waals surface area contributed by atoms with Crippen molar-refractivity contribution in [2.45, 2.75) is 47.0 Å². The Hall–Kier alpha value is -2.70. The van der Waals surface area contributed by atoms with E-state index in [4.69, 9.17) is 9.47 Å². The molecule has 0 unspecified atom stereocenters. The molecule has 0 saturated heterocycles. The summed E-state index contributed by atoms with van der Waals surface area (Å²) in [7, 11) is 0. The van der Waals surface area contributed by atoms with Crippen LogP contribution in [0.5, 0.6) is 11.5 Å². The summed E-state index contributed by atoms with van der Waals surface area (Å²) in [6, 6.07) is 4.98. The lowest BCUT2D eigenvalue weighted by atomic mass is 10.3. The summed E-state index contributed by atoms with van der Waals surface area (Å²) in [5.41, 5.74) is 3.08. The van der Waals surface area contributed by atoms with Crippen molar-refractivity contribution in [1.82, 2.24) is 9.78 Å². The van der Waals surface area contributed by atoms with Crippen molar-refractivity contribution in [1.29, 1.82) is 0 Å². The van der Waals surface area contributed by atoms with E-state index in [-0.39, 0.29) is 6.03 Å². The molecule has 7 nitrogen and oxygen atoms in total. The Morgan fingerprint density at radius 3 is 2.58 bits per heavy atom. The average molecular weight is 330 g/mol. The van der Waals surface area contributed by atoms with Crippen molar-refractivity contribution in [2.24, 2.45) is 0 Å². The number of amides is 2. The number of rotatable bonds is 3. The van der Waals surface area contributed by atoms with Gasteiger partial charge in [0.25, 0.3) is 0 Å². The van der Waals surface area contributed by atoms with E-state index in [1.807, 2.05) is 39.3 Å². The number of carbonyl (C=O) groups is 1. The molecule has 1 aromatic heterocycles. The zero-order valence-corrected chi connectivity index (χ0v) is 14.6. The van der Waals surface area contributed by atoms with Gasteiger partial charge < -0.3 is 20.1 Å². The number of nitrogens with one attached hydrogen (secondary N) is 2. The lowest BCUT2D eigenvalue weighted by molar-refractivity contribution is -0.0431. The topological polar surface area (TPSA) is 77.4 Å². The summed E-state index contributed by atoms with van der Waals surface area (Å²) < 4.78 is 13.2. The van der Waals surface area contributed by atoms with Crippen molar-refractivity contribution in [3.05, 3.63) is 29.6 Å². The van der Waals surface area contributed by atoms with Gasteiger partial charge in [0, 0.05) is 32.1 Å². The Kier molecular flexibility index (Phi) is 3.87. The van der Waals surface area contributed by atoms with Gasteiger partial charge in [-0.15, -0.1) is 0 Å². The molecule has 0 saturated carbocycles. The molecular weight excluding hydrogens is 308 g/mol. The molecule has 1 aromatic carbocycles. The van der Waals surface area contributed by atoms with Crippen molar-refractivity contribution in [3.63, 3.8) is 0 Å². The number of aromatic nitrogens is 2. The summed E-state index contributed by atoms with van der Waals surface area (Å²) >= 11 is 0. The van der Waals surface area contributed by atoms with Gasteiger partial charge in [0.1, 0.15) is 0 Å². The third kappa shape index (κ3) is 3.02. The Bertz CT molecular complexity index is 795. The molecule has 2 amide bonds. The number of hydrogen-bond acceptors (Lipinski definition) is 4. The zero-order chi connectivity index (χ0) is 17.5. The van der Waals surface area contributed by atoms with Gasteiger partial charge in [-0.2, -0.15) is 5.10 Å². The predicted octanol–water partition coefficient (Wildman–Crippen LogP) is 3.67. The standard InChI is InChI=1S/C17H22N4O3/c1-6-21-11(3)15(10(2)20-21)19-16(22)18-12-7-8-13-14(9-12)24-17(4,5)23-13/h7-9H,6H2,1-5H3,(H2,18,19,22). The lowest BCUT2D eigenvalue weighted by Gasteiger charge is -2.16.